The topological polar surface area (TPSA) is 97.1 Å². The van der Waals surface area contributed by atoms with Gasteiger partial charge in [-0.05, 0) is 24.3 Å². The van der Waals surface area contributed by atoms with E-state index in [1.165, 1.54) is 18.6 Å². The molecule has 0 fully saturated rings. The van der Waals surface area contributed by atoms with Crippen molar-refractivity contribution in [2.24, 2.45) is 0 Å². The Morgan fingerprint density at radius 1 is 1.14 bits per heavy atom. The molecule has 3 aromatic rings. The quantitative estimate of drug-likeness (QED) is 0.751. The van der Waals surface area contributed by atoms with E-state index in [1.807, 2.05) is 0 Å². The molecule has 2 heterocycles. The van der Waals surface area contributed by atoms with Gasteiger partial charge in [0.25, 0.3) is 5.91 Å². The molecule has 1 aromatic carbocycles. The summed E-state index contributed by atoms with van der Waals surface area (Å²) in [6, 6.07) is 8.31. The molecule has 0 unspecified atom stereocenters. The summed E-state index contributed by atoms with van der Waals surface area (Å²) in [5, 5.41) is 20.5. The second kappa shape index (κ2) is 5.04. The van der Waals surface area contributed by atoms with Crippen molar-refractivity contribution in [3.8, 4) is 0 Å². The van der Waals surface area contributed by atoms with E-state index in [0.717, 1.165) is 9.95 Å². The lowest BCUT2D eigenvalue weighted by Crippen LogP contribution is -2.13. The Kier molecular flexibility index (Phi) is 3.07. The summed E-state index contributed by atoms with van der Waals surface area (Å²) in [4.78, 5) is 22.8. The highest BCUT2D eigenvalue weighted by Crippen LogP contribution is 2.20. The molecule has 7 heteroatoms. The van der Waals surface area contributed by atoms with Gasteiger partial charge in [-0.1, -0.05) is 6.07 Å². The van der Waals surface area contributed by atoms with Crippen LogP contribution in [-0.2, 0) is 0 Å². The van der Waals surface area contributed by atoms with E-state index in [1.54, 1.807) is 30.3 Å². The van der Waals surface area contributed by atoms with Crippen molar-refractivity contribution in [2.75, 3.05) is 5.32 Å². The Bertz CT molecular complexity index is 827. The largest absolute Gasteiger partial charge is 0.464 e. The van der Waals surface area contributed by atoms with Crippen molar-refractivity contribution in [3.63, 3.8) is 0 Å². The van der Waals surface area contributed by atoms with Crippen LogP contribution >= 0.6 is 0 Å². The molecule has 0 saturated heterocycles. The van der Waals surface area contributed by atoms with Crippen molar-refractivity contribution in [3.05, 3.63) is 54.6 Å². The predicted octanol–water partition coefficient (Wildman–Crippen LogP) is 2.21. The van der Waals surface area contributed by atoms with Gasteiger partial charge in [-0.15, -0.1) is 5.10 Å². The zero-order chi connectivity index (χ0) is 14.8. The lowest BCUT2D eigenvalue weighted by Gasteiger charge is -2.03. The van der Waals surface area contributed by atoms with E-state index in [9.17, 15) is 9.59 Å². The molecule has 2 N–H and O–H groups in total. The summed E-state index contributed by atoms with van der Waals surface area (Å²) >= 11 is 0. The van der Waals surface area contributed by atoms with E-state index in [2.05, 4.69) is 15.5 Å². The first-order valence-corrected chi connectivity index (χ1v) is 6.07. The fourth-order valence-corrected chi connectivity index (χ4v) is 1.95. The third-order valence-electron chi connectivity index (χ3n) is 2.93. The maximum atomic E-state index is 12.0. The number of nitrogens with zero attached hydrogens (tertiary/aromatic N) is 3. The molecule has 0 spiro atoms. The molecule has 1 amide bonds. The van der Waals surface area contributed by atoms with Gasteiger partial charge in [-0.25, -0.2) is 4.79 Å². The molecule has 104 valence electrons. The van der Waals surface area contributed by atoms with Gasteiger partial charge >= 0.3 is 6.09 Å². The smallest absolute Gasteiger partial charge is 0.415 e. The maximum Gasteiger partial charge on any atom is 0.415 e. The summed E-state index contributed by atoms with van der Waals surface area (Å²) in [6.07, 6.45) is 3.41. The lowest BCUT2D eigenvalue weighted by molar-refractivity contribution is 0.102. The number of rotatable bonds is 2. The molecular weight excluding hydrogens is 272 g/mol. The minimum Gasteiger partial charge on any atom is -0.464 e. The molecule has 0 radical (unpaired) electrons. The Labute approximate surface area is 118 Å². The molecule has 21 heavy (non-hydrogen) atoms. The van der Waals surface area contributed by atoms with Crippen LogP contribution in [0.15, 0.2) is 48.9 Å². The Hall–Kier alpha value is -3.22. The highest BCUT2D eigenvalue weighted by molar-refractivity contribution is 6.03. The Morgan fingerprint density at radius 3 is 2.67 bits per heavy atom. The number of carbonyl (C=O) groups is 2. The number of carbonyl (C=O) groups excluding carboxylic acids is 1. The van der Waals surface area contributed by atoms with Crippen molar-refractivity contribution < 1.29 is 14.7 Å². The Balaban J connectivity index is 1.87. The number of aromatic nitrogens is 3. The average molecular weight is 282 g/mol. The van der Waals surface area contributed by atoms with Crippen molar-refractivity contribution >= 4 is 28.5 Å². The summed E-state index contributed by atoms with van der Waals surface area (Å²) in [6.45, 7) is 0. The normalized spacial score (nSPS) is 10.5. The van der Waals surface area contributed by atoms with E-state index in [4.69, 9.17) is 5.11 Å². The summed E-state index contributed by atoms with van der Waals surface area (Å²) in [5.74, 6) is -0.375. The third-order valence-corrected chi connectivity index (χ3v) is 2.93. The van der Waals surface area contributed by atoms with Gasteiger partial charge in [-0.2, -0.15) is 5.10 Å². The number of carboxylic acid groups (broad SMARTS) is 1. The molecular formula is C14H10N4O3. The fraction of sp³-hybridized carbons (Fsp3) is 0. The zero-order valence-corrected chi connectivity index (χ0v) is 10.7. The first kappa shape index (κ1) is 12.8. The average Bonchev–Trinajstić information content (AvgIpc) is 2.91. The van der Waals surface area contributed by atoms with Gasteiger partial charge in [-0.3, -0.25) is 9.36 Å². The molecule has 0 aliphatic heterocycles. The number of amides is 1. The summed E-state index contributed by atoms with van der Waals surface area (Å²) < 4.78 is 1.07. The van der Waals surface area contributed by atoms with E-state index in [-0.39, 0.29) is 11.6 Å². The van der Waals surface area contributed by atoms with E-state index >= 15 is 0 Å². The van der Waals surface area contributed by atoms with Crippen molar-refractivity contribution in [1.82, 2.24) is 14.8 Å². The van der Waals surface area contributed by atoms with Crippen LogP contribution in [0.1, 0.15) is 10.5 Å². The molecule has 0 bridgehead atoms. The molecule has 3 rings (SSSR count). The minimum absolute atomic E-state index is 0.209. The van der Waals surface area contributed by atoms with Gasteiger partial charge < -0.3 is 10.4 Å². The van der Waals surface area contributed by atoms with Crippen molar-refractivity contribution in [1.29, 1.82) is 0 Å². The molecule has 0 atom stereocenters. The Morgan fingerprint density at radius 2 is 1.95 bits per heavy atom. The molecule has 0 saturated carbocycles. The fourth-order valence-electron chi connectivity index (χ4n) is 1.95. The first-order chi connectivity index (χ1) is 10.1. The molecule has 0 aliphatic rings. The van der Waals surface area contributed by atoms with Crippen LogP contribution in [0.4, 0.5) is 10.5 Å². The monoisotopic (exact) mass is 282 g/mol. The number of hydrogen-bond acceptors (Lipinski definition) is 4. The van der Waals surface area contributed by atoms with Gasteiger partial charge in [0.05, 0.1) is 0 Å². The van der Waals surface area contributed by atoms with Gasteiger partial charge in [0, 0.05) is 35.1 Å². The summed E-state index contributed by atoms with van der Waals surface area (Å²) in [5.41, 5.74) is 0.766. The number of fused-ring (bicyclic) bond motifs is 1. The summed E-state index contributed by atoms with van der Waals surface area (Å²) in [7, 11) is 0. The highest BCUT2D eigenvalue weighted by atomic mass is 16.4. The molecule has 7 nitrogen and oxygen atoms in total. The third kappa shape index (κ3) is 2.57. The zero-order valence-electron chi connectivity index (χ0n) is 10.7. The number of nitrogens with one attached hydrogen (secondary N) is 1. The van der Waals surface area contributed by atoms with Crippen LogP contribution in [0.2, 0.25) is 0 Å². The van der Waals surface area contributed by atoms with Crippen LogP contribution in [0.25, 0.3) is 10.8 Å². The molecule has 0 aliphatic carbocycles. The predicted molar refractivity (Wildman–Crippen MR) is 75.3 cm³/mol. The van der Waals surface area contributed by atoms with Crippen LogP contribution in [0, 0.1) is 0 Å². The minimum atomic E-state index is -1.06. The second-order valence-electron chi connectivity index (χ2n) is 4.35. The molecule has 2 aromatic heterocycles. The lowest BCUT2D eigenvalue weighted by atomic mass is 10.2. The first-order valence-electron chi connectivity index (χ1n) is 6.07. The van der Waals surface area contributed by atoms with Crippen LogP contribution < -0.4 is 5.32 Å². The SMILES string of the molecule is O=C(Nc1ccc2cn(C(=O)O)cc2c1)c1cccnn1. The van der Waals surface area contributed by atoms with Gasteiger partial charge in [0.2, 0.25) is 0 Å². The maximum absolute atomic E-state index is 12.0. The number of benzene rings is 1. The highest BCUT2D eigenvalue weighted by Gasteiger charge is 2.09. The van der Waals surface area contributed by atoms with Crippen LogP contribution in [0.5, 0.6) is 0 Å². The van der Waals surface area contributed by atoms with Gasteiger partial charge in [0.1, 0.15) is 0 Å². The van der Waals surface area contributed by atoms with Gasteiger partial charge in [0.15, 0.2) is 5.69 Å². The van der Waals surface area contributed by atoms with Crippen LogP contribution in [0.3, 0.4) is 0 Å². The van der Waals surface area contributed by atoms with E-state index in [0.29, 0.717) is 11.1 Å². The second-order valence-corrected chi connectivity index (χ2v) is 4.35. The number of hydrogen-bond donors (Lipinski definition) is 2. The van der Waals surface area contributed by atoms with Crippen LogP contribution in [-0.4, -0.2) is 31.9 Å². The van der Waals surface area contributed by atoms with Crippen molar-refractivity contribution in [2.45, 2.75) is 0 Å². The standard InChI is InChI=1S/C14H10N4O3/c19-13(12-2-1-5-15-17-12)16-11-4-3-9-7-18(14(20)21)8-10(9)6-11/h1-8H,(H,16,19)(H,20,21). The van der Waals surface area contributed by atoms with E-state index < -0.39 is 6.09 Å². The number of anilines is 1.